The van der Waals surface area contributed by atoms with Crippen LogP contribution < -0.4 is 5.32 Å². The Labute approximate surface area is 124 Å². The third-order valence-electron chi connectivity index (χ3n) is 4.90. The van der Waals surface area contributed by atoms with Crippen LogP contribution in [0, 0.1) is 17.2 Å². The monoisotopic (exact) mass is 285 g/mol. The van der Waals surface area contributed by atoms with Gasteiger partial charge < -0.3 is 9.73 Å². The predicted molar refractivity (Wildman–Crippen MR) is 80.2 cm³/mol. The molecule has 21 heavy (non-hydrogen) atoms. The molecular formula is C18H20FNO. The number of furan rings is 1. The van der Waals surface area contributed by atoms with Crippen molar-refractivity contribution in [2.24, 2.45) is 11.3 Å². The molecule has 0 unspecified atom stereocenters. The molecule has 4 rings (SSSR count). The van der Waals surface area contributed by atoms with E-state index in [-0.39, 0.29) is 5.82 Å². The summed E-state index contributed by atoms with van der Waals surface area (Å²) in [6.45, 7) is 1.89. The number of rotatable bonds is 6. The van der Waals surface area contributed by atoms with Crippen LogP contribution in [0.15, 0.2) is 40.8 Å². The molecular weight excluding hydrogens is 265 g/mol. The Bertz CT molecular complexity index is 623. The van der Waals surface area contributed by atoms with E-state index in [4.69, 9.17) is 4.42 Å². The normalized spacial score (nSPS) is 19.7. The van der Waals surface area contributed by atoms with E-state index in [1.807, 2.05) is 12.1 Å². The Morgan fingerprint density at radius 1 is 1.10 bits per heavy atom. The summed E-state index contributed by atoms with van der Waals surface area (Å²) in [5.41, 5.74) is 1.53. The molecule has 3 heteroatoms. The third-order valence-corrected chi connectivity index (χ3v) is 4.90. The highest BCUT2D eigenvalue weighted by molar-refractivity contribution is 5.57. The minimum atomic E-state index is -0.220. The summed E-state index contributed by atoms with van der Waals surface area (Å²) in [5, 5.41) is 3.55. The van der Waals surface area contributed by atoms with Gasteiger partial charge in [-0.1, -0.05) is 0 Å². The molecule has 0 amide bonds. The maximum absolute atomic E-state index is 12.9. The van der Waals surface area contributed by atoms with Crippen LogP contribution in [0.2, 0.25) is 0 Å². The zero-order chi connectivity index (χ0) is 14.3. The lowest BCUT2D eigenvalue weighted by Gasteiger charge is -2.14. The van der Waals surface area contributed by atoms with E-state index in [0.717, 1.165) is 36.1 Å². The van der Waals surface area contributed by atoms with E-state index < -0.39 is 0 Å². The van der Waals surface area contributed by atoms with Gasteiger partial charge in [0.1, 0.15) is 17.3 Å². The molecule has 1 aromatic heterocycles. The zero-order valence-corrected chi connectivity index (χ0v) is 12.1. The Balaban J connectivity index is 1.35. The standard InChI is InChI=1S/C18H20FNO/c19-15-5-1-13(2-6-15)17-8-7-16(21-17)11-20-12-18(9-10-18)14-3-4-14/h1-2,5-8,14,20H,3-4,9-12H2. The van der Waals surface area contributed by atoms with E-state index >= 15 is 0 Å². The quantitative estimate of drug-likeness (QED) is 0.852. The Hall–Kier alpha value is -1.61. The largest absolute Gasteiger partial charge is 0.460 e. The lowest BCUT2D eigenvalue weighted by Crippen LogP contribution is -2.24. The summed E-state index contributed by atoms with van der Waals surface area (Å²) in [7, 11) is 0. The van der Waals surface area contributed by atoms with Gasteiger partial charge >= 0.3 is 0 Å². The van der Waals surface area contributed by atoms with Crippen LogP contribution >= 0.6 is 0 Å². The minimum Gasteiger partial charge on any atom is -0.460 e. The second-order valence-corrected chi connectivity index (χ2v) is 6.51. The van der Waals surface area contributed by atoms with Crippen molar-refractivity contribution in [2.75, 3.05) is 6.54 Å². The molecule has 0 atom stereocenters. The van der Waals surface area contributed by atoms with Gasteiger partial charge in [-0.3, -0.25) is 0 Å². The summed E-state index contributed by atoms with van der Waals surface area (Å²) >= 11 is 0. The van der Waals surface area contributed by atoms with Crippen molar-refractivity contribution in [1.29, 1.82) is 0 Å². The first-order valence-electron chi connectivity index (χ1n) is 7.81. The summed E-state index contributed by atoms with van der Waals surface area (Å²) < 4.78 is 18.8. The second-order valence-electron chi connectivity index (χ2n) is 6.51. The van der Waals surface area contributed by atoms with Gasteiger partial charge in [-0.05, 0) is 73.4 Å². The van der Waals surface area contributed by atoms with Crippen LogP contribution in [0.3, 0.4) is 0 Å². The predicted octanol–water partition coefficient (Wildman–Crippen LogP) is 4.37. The fourth-order valence-electron chi connectivity index (χ4n) is 3.26. The summed E-state index contributed by atoms with van der Waals surface area (Å²) in [4.78, 5) is 0. The lowest BCUT2D eigenvalue weighted by molar-refractivity contribution is 0.389. The van der Waals surface area contributed by atoms with Crippen molar-refractivity contribution in [3.8, 4) is 11.3 Å². The summed E-state index contributed by atoms with van der Waals surface area (Å²) in [6.07, 6.45) is 5.64. The zero-order valence-electron chi connectivity index (χ0n) is 12.1. The molecule has 0 aliphatic heterocycles. The molecule has 2 aliphatic rings. The van der Waals surface area contributed by atoms with E-state index in [1.165, 1.54) is 37.8 Å². The van der Waals surface area contributed by atoms with Crippen LogP contribution in [0.25, 0.3) is 11.3 Å². The number of hydrogen-bond acceptors (Lipinski definition) is 2. The molecule has 2 saturated carbocycles. The molecule has 1 N–H and O–H groups in total. The Morgan fingerprint density at radius 2 is 1.86 bits per heavy atom. The smallest absolute Gasteiger partial charge is 0.134 e. The van der Waals surface area contributed by atoms with Crippen LogP contribution in [0.4, 0.5) is 4.39 Å². The maximum atomic E-state index is 12.9. The number of hydrogen-bond donors (Lipinski definition) is 1. The van der Waals surface area contributed by atoms with Crippen molar-refractivity contribution in [3.63, 3.8) is 0 Å². The van der Waals surface area contributed by atoms with Gasteiger partial charge in [-0.2, -0.15) is 0 Å². The van der Waals surface area contributed by atoms with E-state index in [2.05, 4.69) is 5.32 Å². The van der Waals surface area contributed by atoms with Crippen molar-refractivity contribution in [2.45, 2.75) is 32.2 Å². The molecule has 110 valence electrons. The minimum absolute atomic E-state index is 0.220. The van der Waals surface area contributed by atoms with E-state index in [9.17, 15) is 4.39 Å². The van der Waals surface area contributed by atoms with Crippen LogP contribution in [0.5, 0.6) is 0 Å². The van der Waals surface area contributed by atoms with Gasteiger partial charge in [-0.25, -0.2) is 4.39 Å². The van der Waals surface area contributed by atoms with Crippen LogP contribution in [-0.4, -0.2) is 6.54 Å². The Morgan fingerprint density at radius 3 is 2.52 bits per heavy atom. The topological polar surface area (TPSA) is 25.2 Å². The maximum Gasteiger partial charge on any atom is 0.134 e. The molecule has 2 aliphatic carbocycles. The molecule has 0 saturated heterocycles. The van der Waals surface area contributed by atoms with E-state index in [0.29, 0.717) is 5.41 Å². The lowest BCUT2D eigenvalue weighted by atomic mass is 10.0. The second kappa shape index (κ2) is 4.99. The SMILES string of the molecule is Fc1ccc(-c2ccc(CNCC3(C4CC4)CC3)o2)cc1. The van der Waals surface area contributed by atoms with Gasteiger partial charge in [0.05, 0.1) is 6.54 Å². The van der Waals surface area contributed by atoms with Crippen molar-refractivity contribution in [1.82, 2.24) is 5.32 Å². The molecule has 2 fully saturated rings. The average molecular weight is 285 g/mol. The first-order valence-corrected chi connectivity index (χ1v) is 7.81. The highest BCUT2D eigenvalue weighted by Crippen LogP contribution is 2.60. The van der Waals surface area contributed by atoms with Crippen LogP contribution in [-0.2, 0) is 6.54 Å². The highest BCUT2D eigenvalue weighted by Gasteiger charge is 2.53. The average Bonchev–Trinajstić information content (AvgIpc) is 3.39. The van der Waals surface area contributed by atoms with Gasteiger partial charge in [0.15, 0.2) is 0 Å². The van der Waals surface area contributed by atoms with E-state index in [1.54, 1.807) is 12.1 Å². The van der Waals surface area contributed by atoms with Crippen LogP contribution in [0.1, 0.15) is 31.4 Å². The molecule has 1 aromatic carbocycles. The van der Waals surface area contributed by atoms with Crippen molar-refractivity contribution >= 4 is 0 Å². The Kier molecular flexibility index (Phi) is 3.11. The van der Waals surface area contributed by atoms with Crippen molar-refractivity contribution in [3.05, 3.63) is 48.0 Å². The number of halogens is 1. The number of nitrogens with one attached hydrogen (secondary N) is 1. The fourth-order valence-corrected chi connectivity index (χ4v) is 3.26. The summed E-state index contributed by atoms with van der Waals surface area (Å²) in [6, 6.07) is 10.4. The third kappa shape index (κ3) is 2.75. The molecule has 2 aromatic rings. The molecule has 0 radical (unpaired) electrons. The number of benzene rings is 1. The van der Waals surface area contributed by atoms with Gasteiger partial charge in [0.25, 0.3) is 0 Å². The fraction of sp³-hybridized carbons (Fsp3) is 0.444. The molecule has 0 bridgehead atoms. The highest BCUT2D eigenvalue weighted by atomic mass is 19.1. The first kappa shape index (κ1) is 13.1. The molecule has 0 spiro atoms. The van der Waals surface area contributed by atoms with Gasteiger partial charge in [-0.15, -0.1) is 0 Å². The van der Waals surface area contributed by atoms with Gasteiger partial charge in [0, 0.05) is 12.1 Å². The summed E-state index contributed by atoms with van der Waals surface area (Å²) in [5.74, 6) is 2.51. The van der Waals surface area contributed by atoms with Crippen molar-refractivity contribution < 1.29 is 8.81 Å². The molecule has 2 nitrogen and oxygen atoms in total. The molecule has 1 heterocycles. The first-order chi connectivity index (χ1) is 10.3. The van der Waals surface area contributed by atoms with Gasteiger partial charge in [0.2, 0.25) is 0 Å².